The molecular weight excluding hydrogens is 386 g/mol. The Morgan fingerprint density at radius 1 is 0.774 bits per heavy atom. The van der Waals surface area contributed by atoms with Crippen LogP contribution in [0.25, 0.3) is 0 Å². The van der Waals surface area contributed by atoms with Gasteiger partial charge in [0.15, 0.2) is 0 Å². The first-order valence-corrected chi connectivity index (χ1v) is 10.6. The van der Waals surface area contributed by atoms with Gasteiger partial charge in [0.25, 0.3) is 0 Å². The van der Waals surface area contributed by atoms with E-state index in [1.54, 1.807) is 0 Å². The Morgan fingerprint density at radius 3 is 1.84 bits per heavy atom. The highest BCUT2D eigenvalue weighted by Crippen LogP contribution is 2.18. The standard InChI is InChI=1S/C27H31NO3/c1-2-12-26(28(29)19-23-13-6-3-7-14-23)27(31-21-25-17-10-5-11-18-25)22-30-20-24-15-8-4-9-16-24/h2-11,13-18,26-27,29H,1,12,19-22H2/t26-,27-/m1/s1. The zero-order valence-electron chi connectivity index (χ0n) is 17.8. The van der Waals surface area contributed by atoms with Crippen molar-refractivity contribution in [3.63, 3.8) is 0 Å². The minimum atomic E-state index is -0.323. The zero-order valence-corrected chi connectivity index (χ0v) is 17.8. The molecule has 0 saturated carbocycles. The van der Waals surface area contributed by atoms with E-state index in [2.05, 4.69) is 6.58 Å². The minimum Gasteiger partial charge on any atom is -0.374 e. The molecule has 2 atom stereocenters. The lowest BCUT2D eigenvalue weighted by Crippen LogP contribution is -2.44. The lowest BCUT2D eigenvalue weighted by atomic mass is 10.1. The van der Waals surface area contributed by atoms with Gasteiger partial charge in [-0.15, -0.1) is 6.58 Å². The number of ether oxygens (including phenoxy) is 2. The third kappa shape index (κ3) is 7.78. The largest absolute Gasteiger partial charge is 0.374 e. The van der Waals surface area contributed by atoms with Gasteiger partial charge >= 0.3 is 0 Å². The van der Waals surface area contributed by atoms with Crippen molar-refractivity contribution >= 4 is 0 Å². The smallest absolute Gasteiger partial charge is 0.0994 e. The molecule has 0 aromatic heterocycles. The molecule has 0 aliphatic heterocycles. The Balaban J connectivity index is 1.68. The van der Waals surface area contributed by atoms with Crippen LogP contribution in [0.4, 0.5) is 0 Å². The molecule has 3 rings (SSSR count). The zero-order chi connectivity index (χ0) is 21.7. The van der Waals surface area contributed by atoms with Crippen LogP contribution < -0.4 is 0 Å². The molecule has 162 valence electrons. The highest BCUT2D eigenvalue weighted by Gasteiger charge is 2.27. The molecule has 0 saturated heterocycles. The van der Waals surface area contributed by atoms with Crippen molar-refractivity contribution in [2.75, 3.05) is 6.61 Å². The Morgan fingerprint density at radius 2 is 1.29 bits per heavy atom. The van der Waals surface area contributed by atoms with Crippen LogP contribution in [0.3, 0.4) is 0 Å². The van der Waals surface area contributed by atoms with Gasteiger partial charge in [0.05, 0.1) is 32.0 Å². The lowest BCUT2D eigenvalue weighted by molar-refractivity contribution is -0.183. The van der Waals surface area contributed by atoms with Gasteiger partial charge < -0.3 is 14.7 Å². The van der Waals surface area contributed by atoms with E-state index in [1.807, 2.05) is 97.1 Å². The van der Waals surface area contributed by atoms with Crippen molar-refractivity contribution in [2.24, 2.45) is 0 Å². The maximum Gasteiger partial charge on any atom is 0.0994 e. The quantitative estimate of drug-likeness (QED) is 0.289. The fourth-order valence-corrected chi connectivity index (χ4v) is 3.44. The van der Waals surface area contributed by atoms with Crippen LogP contribution in [0.5, 0.6) is 0 Å². The Hall–Kier alpha value is -2.76. The number of hydroxylamine groups is 2. The first-order chi connectivity index (χ1) is 15.3. The molecule has 0 fully saturated rings. The van der Waals surface area contributed by atoms with E-state index < -0.39 is 0 Å². The van der Waals surface area contributed by atoms with E-state index in [0.29, 0.717) is 32.8 Å². The SMILES string of the molecule is C=CC[C@H]([C@@H](COCc1ccccc1)OCc1ccccc1)N(O)Cc1ccccc1. The van der Waals surface area contributed by atoms with Gasteiger partial charge in [-0.25, -0.2) is 0 Å². The van der Waals surface area contributed by atoms with E-state index in [4.69, 9.17) is 9.47 Å². The van der Waals surface area contributed by atoms with E-state index in [-0.39, 0.29) is 12.1 Å². The molecule has 4 heteroatoms. The molecule has 3 aromatic carbocycles. The van der Waals surface area contributed by atoms with Crippen molar-refractivity contribution in [3.8, 4) is 0 Å². The van der Waals surface area contributed by atoms with Gasteiger partial charge in [0.1, 0.15) is 0 Å². The Labute approximate surface area is 185 Å². The van der Waals surface area contributed by atoms with E-state index in [9.17, 15) is 5.21 Å². The average Bonchev–Trinajstić information content (AvgIpc) is 2.82. The summed E-state index contributed by atoms with van der Waals surface area (Å²) in [4.78, 5) is 0. The summed E-state index contributed by atoms with van der Waals surface area (Å²) in [5.41, 5.74) is 3.22. The van der Waals surface area contributed by atoms with Gasteiger partial charge in [-0.3, -0.25) is 0 Å². The van der Waals surface area contributed by atoms with Crippen molar-refractivity contribution < 1.29 is 14.7 Å². The second-order valence-corrected chi connectivity index (χ2v) is 7.51. The van der Waals surface area contributed by atoms with Crippen LogP contribution in [0.15, 0.2) is 104 Å². The molecule has 0 spiro atoms. The van der Waals surface area contributed by atoms with Gasteiger partial charge in [0.2, 0.25) is 0 Å². The van der Waals surface area contributed by atoms with Crippen LogP contribution >= 0.6 is 0 Å². The van der Waals surface area contributed by atoms with Crippen LogP contribution in [0, 0.1) is 0 Å². The summed E-state index contributed by atoms with van der Waals surface area (Å²) in [5.74, 6) is 0. The maximum atomic E-state index is 10.9. The predicted molar refractivity (Wildman–Crippen MR) is 123 cm³/mol. The molecule has 0 unspecified atom stereocenters. The highest BCUT2D eigenvalue weighted by molar-refractivity contribution is 5.15. The molecule has 3 aromatic rings. The van der Waals surface area contributed by atoms with Gasteiger partial charge in [-0.2, -0.15) is 5.06 Å². The number of benzene rings is 3. The summed E-state index contributed by atoms with van der Waals surface area (Å²) in [6.45, 7) is 5.61. The normalized spacial score (nSPS) is 13.1. The van der Waals surface area contributed by atoms with Crippen LogP contribution in [-0.4, -0.2) is 29.0 Å². The third-order valence-corrected chi connectivity index (χ3v) is 5.11. The summed E-state index contributed by atoms with van der Waals surface area (Å²) in [7, 11) is 0. The molecule has 0 radical (unpaired) electrons. The first kappa shape index (κ1) is 22.9. The number of nitrogens with zero attached hydrogens (tertiary/aromatic N) is 1. The summed E-state index contributed by atoms with van der Waals surface area (Å²) in [6, 6.07) is 29.7. The maximum absolute atomic E-state index is 10.9. The second kappa shape index (κ2) is 12.8. The number of rotatable bonds is 13. The summed E-state index contributed by atoms with van der Waals surface area (Å²) >= 11 is 0. The van der Waals surface area contributed by atoms with E-state index in [1.165, 1.54) is 5.06 Å². The van der Waals surface area contributed by atoms with Gasteiger partial charge in [-0.05, 0) is 23.1 Å². The third-order valence-electron chi connectivity index (χ3n) is 5.11. The van der Waals surface area contributed by atoms with Crippen LogP contribution in [0.2, 0.25) is 0 Å². The number of hydrogen-bond donors (Lipinski definition) is 1. The van der Waals surface area contributed by atoms with Gasteiger partial charge in [0, 0.05) is 6.54 Å². The van der Waals surface area contributed by atoms with Crippen molar-refractivity contribution in [1.82, 2.24) is 5.06 Å². The summed E-state index contributed by atoms with van der Waals surface area (Å²) in [6.07, 6.45) is 2.07. The number of hydrogen-bond acceptors (Lipinski definition) is 4. The second-order valence-electron chi connectivity index (χ2n) is 7.51. The molecule has 0 heterocycles. The Bertz CT molecular complexity index is 871. The predicted octanol–water partition coefficient (Wildman–Crippen LogP) is 5.62. The van der Waals surface area contributed by atoms with Crippen molar-refractivity contribution in [1.29, 1.82) is 0 Å². The fourth-order valence-electron chi connectivity index (χ4n) is 3.44. The lowest BCUT2D eigenvalue weighted by Gasteiger charge is -2.32. The fraction of sp³-hybridized carbons (Fsp3) is 0.259. The molecule has 1 N–H and O–H groups in total. The van der Waals surface area contributed by atoms with Gasteiger partial charge in [-0.1, -0.05) is 97.1 Å². The molecule has 0 amide bonds. The van der Waals surface area contributed by atoms with Crippen molar-refractivity contribution in [2.45, 2.75) is 38.3 Å². The molecule has 4 nitrogen and oxygen atoms in total. The van der Waals surface area contributed by atoms with E-state index >= 15 is 0 Å². The van der Waals surface area contributed by atoms with Crippen LogP contribution in [0.1, 0.15) is 23.1 Å². The summed E-state index contributed by atoms with van der Waals surface area (Å²) in [5, 5.41) is 12.3. The topological polar surface area (TPSA) is 41.9 Å². The van der Waals surface area contributed by atoms with E-state index in [0.717, 1.165) is 16.7 Å². The molecule has 0 aliphatic rings. The Kier molecular flexibility index (Phi) is 9.48. The molecular formula is C27H31NO3. The van der Waals surface area contributed by atoms with Crippen molar-refractivity contribution in [3.05, 3.63) is 120 Å². The summed E-state index contributed by atoms with van der Waals surface area (Å²) < 4.78 is 12.3. The monoisotopic (exact) mass is 417 g/mol. The highest BCUT2D eigenvalue weighted by atomic mass is 16.5. The molecule has 0 aliphatic carbocycles. The first-order valence-electron chi connectivity index (χ1n) is 10.6. The molecule has 31 heavy (non-hydrogen) atoms. The minimum absolute atomic E-state index is 0.280. The van der Waals surface area contributed by atoms with Crippen LogP contribution in [-0.2, 0) is 29.2 Å². The average molecular weight is 418 g/mol. The molecule has 0 bridgehead atoms.